The minimum atomic E-state index is -0.224. The van der Waals surface area contributed by atoms with Crippen molar-refractivity contribution in [1.29, 1.82) is 0 Å². The minimum absolute atomic E-state index is 0.0323. The van der Waals surface area contributed by atoms with Gasteiger partial charge in [0.25, 0.3) is 0 Å². The third-order valence-electron chi connectivity index (χ3n) is 6.35. The van der Waals surface area contributed by atoms with Crippen molar-refractivity contribution in [3.05, 3.63) is 41.5 Å². The van der Waals surface area contributed by atoms with Crippen molar-refractivity contribution in [3.63, 3.8) is 0 Å². The first-order valence-electron chi connectivity index (χ1n) is 8.92. The fourth-order valence-corrected chi connectivity index (χ4v) is 4.37. The summed E-state index contributed by atoms with van der Waals surface area (Å²) in [5, 5.41) is 0. The summed E-state index contributed by atoms with van der Waals surface area (Å²) in [7, 11) is 1.63. The second kappa shape index (κ2) is 6.05. The number of ether oxygens (including phenoxy) is 2. The highest BCUT2D eigenvalue weighted by Crippen LogP contribution is 2.65. The van der Waals surface area contributed by atoms with Gasteiger partial charge in [-0.15, -0.1) is 0 Å². The number of ketones is 1. The van der Waals surface area contributed by atoms with Crippen LogP contribution in [-0.4, -0.2) is 19.5 Å². The Labute approximate surface area is 150 Å². The SMILES string of the molecule is C=C(C)COc1ccc(C=C2C(=O)C3(C)CCC2C3(C)C)cc1OC. The first kappa shape index (κ1) is 17.8. The molecule has 3 nitrogen and oxygen atoms in total. The number of benzene rings is 1. The number of methoxy groups -OCH3 is 1. The molecule has 2 atom stereocenters. The Morgan fingerprint density at radius 2 is 2.04 bits per heavy atom. The number of Topliss-reactive ketones (excluding diaryl/α,β-unsaturated/α-hetero) is 1. The fourth-order valence-electron chi connectivity index (χ4n) is 4.37. The third-order valence-corrected chi connectivity index (χ3v) is 6.35. The first-order valence-corrected chi connectivity index (χ1v) is 8.92. The molecule has 2 bridgehead atoms. The molecule has 3 rings (SSSR count). The van der Waals surface area contributed by atoms with E-state index in [-0.39, 0.29) is 10.8 Å². The molecular weight excluding hydrogens is 312 g/mol. The number of rotatable bonds is 5. The molecule has 2 aliphatic rings. The Morgan fingerprint density at radius 3 is 2.60 bits per heavy atom. The molecule has 25 heavy (non-hydrogen) atoms. The van der Waals surface area contributed by atoms with Crippen LogP contribution in [0.15, 0.2) is 35.9 Å². The molecule has 0 spiro atoms. The molecule has 0 amide bonds. The van der Waals surface area contributed by atoms with E-state index in [0.29, 0.717) is 29.8 Å². The number of hydrogen-bond acceptors (Lipinski definition) is 3. The number of hydrogen-bond donors (Lipinski definition) is 0. The zero-order valence-corrected chi connectivity index (χ0v) is 15.9. The van der Waals surface area contributed by atoms with Crippen LogP contribution in [0.4, 0.5) is 0 Å². The molecule has 0 radical (unpaired) electrons. The summed E-state index contributed by atoms with van der Waals surface area (Å²) in [4.78, 5) is 13.0. The monoisotopic (exact) mass is 340 g/mol. The summed E-state index contributed by atoms with van der Waals surface area (Å²) in [5.41, 5.74) is 2.71. The van der Waals surface area contributed by atoms with Gasteiger partial charge < -0.3 is 9.47 Å². The van der Waals surface area contributed by atoms with Gasteiger partial charge in [0, 0.05) is 5.41 Å². The molecule has 2 fully saturated rings. The van der Waals surface area contributed by atoms with Crippen LogP contribution < -0.4 is 9.47 Å². The smallest absolute Gasteiger partial charge is 0.165 e. The molecule has 1 aromatic carbocycles. The van der Waals surface area contributed by atoms with Crippen molar-refractivity contribution in [2.45, 2.75) is 40.5 Å². The van der Waals surface area contributed by atoms with Crippen LogP contribution in [0.3, 0.4) is 0 Å². The minimum Gasteiger partial charge on any atom is -0.493 e. The zero-order chi connectivity index (χ0) is 18.4. The second-order valence-corrected chi connectivity index (χ2v) is 8.23. The highest BCUT2D eigenvalue weighted by molar-refractivity contribution is 6.08. The van der Waals surface area contributed by atoms with Gasteiger partial charge in [-0.25, -0.2) is 0 Å². The molecule has 0 aromatic heterocycles. The summed E-state index contributed by atoms with van der Waals surface area (Å²) < 4.78 is 11.2. The van der Waals surface area contributed by atoms with Crippen molar-refractivity contribution >= 4 is 11.9 Å². The molecule has 0 aliphatic heterocycles. The van der Waals surface area contributed by atoms with Crippen LogP contribution in [0, 0.1) is 16.7 Å². The lowest BCUT2D eigenvalue weighted by Gasteiger charge is -2.31. The van der Waals surface area contributed by atoms with Gasteiger partial charge in [-0.3, -0.25) is 4.79 Å². The van der Waals surface area contributed by atoms with Crippen LogP contribution in [-0.2, 0) is 4.79 Å². The van der Waals surface area contributed by atoms with Crippen LogP contribution in [0.5, 0.6) is 11.5 Å². The Morgan fingerprint density at radius 1 is 1.32 bits per heavy atom. The van der Waals surface area contributed by atoms with E-state index in [1.54, 1.807) is 7.11 Å². The predicted molar refractivity (Wildman–Crippen MR) is 101 cm³/mol. The van der Waals surface area contributed by atoms with E-state index in [4.69, 9.17) is 9.47 Å². The van der Waals surface area contributed by atoms with E-state index in [9.17, 15) is 4.79 Å². The Hall–Kier alpha value is -2.03. The molecule has 0 heterocycles. The standard InChI is InChI=1S/C22H28O3/c1-14(2)13-25-18-8-7-15(12-19(18)24-6)11-16-17-9-10-22(5,20(16)23)21(17,3)4/h7-8,11-12,17H,1,9-10,13H2,2-6H3. The highest BCUT2D eigenvalue weighted by Gasteiger charge is 2.63. The maximum Gasteiger partial charge on any atom is 0.165 e. The van der Waals surface area contributed by atoms with Crippen molar-refractivity contribution in [1.82, 2.24) is 0 Å². The fraction of sp³-hybridized carbons (Fsp3) is 0.500. The first-order chi connectivity index (χ1) is 11.7. The molecular formula is C22H28O3. The molecule has 2 aliphatic carbocycles. The van der Waals surface area contributed by atoms with Crippen LogP contribution in [0.1, 0.15) is 46.1 Å². The predicted octanol–water partition coefficient (Wildman–Crippen LogP) is 5.06. The van der Waals surface area contributed by atoms with Crippen LogP contribution in [0.25, 0.3) is 6.08 Å². The Bertz CT molecular complexity index is 757. The van der Waals surface area contributed by atoms with Gasteiger partial charge >= 0.3 is 0 Å². The normalized spacial score (nSPS) is 28.4. The summed E-state index contributed by atoms with van der Waals surface area (Å²) in [6.45, 7) is 12.8. The van der Waals surface area contributed by atoms with E-state index >= 15 is 0 Å². The number of carbonyl (C=O) groups excluding carboxylic acids is 1. The maximum atomic E-state index is 13.0. The Balaban J connectivity index is 1.92. The largest absolute Gasteiger partial charge is 0.493 e. The summed E-state index contributed by atoms with van der Waals surface area (Å²) in [5.74, 6) is 2.03. The van der Waals surface area contributed by atoms with Crippen LogP contribution in [0.2, 0.25) is 0 Å². The van der Waals surface area contributed by atoms with E-state index in [1.165, 1.54) is 0 Å². The lowest BCUT2D eigenvalue weighted by molar-refractivity contribution is -0.125. The van der Waals surface area contributed by atoms with Crippen molar-refractivity contribution < 1.29 is 14.3 Å². The van der Waals surface area contributed by atoms with Gasteiger partial charge in [-0.1, -0.05) is 33.4 Å². The summed E-state index contributed by atoms with van der Waals surface area (Å²) in [6, 6.07) is 5.83. The quantitative estimate of drug-likeness (QED) is 0.555. The molecule has 0 N–H and O–H groups in total. The van der Waals surface area contributed by atoms with Crippen molar-refractivity contribution in [2.75, 3.05) is 13.7 Å². The molecule has 2 saturated carbocycles. The summed E-state index contributed by atoms with van der Waals surface area (Å²) in [6.07, 6.45) is 4.14. The van der Waals surface area contributed by atoms with Gasteiger partial charge in [-0.2, -0.15) is 0 Å². The number of allylic oxidation sites excluding steroid dienone is 1. The molecule has 0 saturated heterocycles. The Kier molecular flexibility index (Phi) is 4.30. The van der Waals surface area contributed by atoms with Gasteiger partial charge in [0.1, 0.15) is 6.61 Å². The number of carbonyl (C=O) groups is 1. The van der Waals surface area contributed by atoms with Gasteiger partial charge in [0.05, 0.1) is 7.11 Å². The lowest BCUT2D eigenvalue weighted by atomic mass is 9.70. The van der Waals surface area contributed by atoms with Crippen LogP contribution >= 0.6 is 0 Å². The van der Waals surface area contributed by atoms with Crippen molar-refractivity contribution in [2.24, 2.45) is 16.7 Å². The maximum absolute atomic E-state index is 13.0. The molecule has 134 valence electrons. The van der Waals surface area contributed by atoms with E-state index in [1.807, 2.05) is 31.2 Å². The average Bonchev–Trinajstić information content (AvgIpc) is 2.87. The topological polar surface area (TPSA) is 35.5 Å². The third kappa shape index (κ3) is 2.70. The number of fused-ring (bicyclic) bond motifs is 2. The van der Waals surface area contributed by atoms with Gasteiger partial charge in [-0.05, 0) is 66.0 Å². The summed E-state index contributed by atoms with van der Waals surface area (Å²) >= 11 is 0. The highest BCUT2D eigenvalue weighted by atomic mass is 16.5. The lowest BCUT2D eigenvalue weighted by Crippen LogP contribution is -2.32. The van der Waals surface area contributed by atoms with E-state index in [2.05, 4.69) is 27.4 Å². The van der Waals surface area contributed by atoms with E-state index in [0.717, 1.165) is 29.6 Å². The van der Waals surface area contributed by atoms with Gasteiger partial charge in [0.15, 0.2) is 17.3 Å². The van der Waals surface area contributed by atoms with Gasteiger partial charge in [0.2, 0.25) is 0 Å². The van der Waals surface area contributed by atoms with Crippen molar-refractivity contribution in [3.8, 4) is 11.5 Å². The molecule has 1 aromatic rings. The average molecular weight is 340 g/mol. The molecule has 2 unspecified atom stereocenters. The zero-order valence-electron chi connectivity index (χ0n) is 15.9. The second-order valence-electron chi connectivity index (χ2n) is 8.23. The van der Waals surface area contributed by atoms with E-state index < -0.39 is 0 Å². The molecule has 3 heteroatoms.